The molecule has 5 nitrogen and oxygen atoms in total. The van der Waals surface area contributed by atoms with E-state index in [1.165, 1.54) is 0 Å². The minimum Gasteiger partial charge on any atom is -0.350 e. The van der Waals surface area contributed by atoms with E-state index >= 15 is 0 Å². The maximum absolute atomic E-state index is 12.2. The fraction of sp³-hybridized carbons (Fsp3) is 0.333. The van der Waals surface area contributed by atoms with Gasteiger partial charge in [0.15, 0.2) is 9.84 Å². The lowest BCUT2D eigenvalue weighted by Crippen LogP contribution is -2.43. The summed E-state index contributed by atoms with van der Waals surface area (Å²) >= 11 is 5.82. The largest absolute Gasteiger partial charge is 0.350 e. The molecule has 2 aromatic rings. The average Bonchev–Trinajstić information content (AvgIpc) is 2.43. The molecule has 1 aromatic heterocycles. The lowest BCUT2D eigenvalue weighted by molar-refractivity contribution is 0.0950. The van der Waals surface area contributed by atoms with E-state index in [2.05, 4.69) is 10.3 Å². The van der Waals surface area contributed by atoms with E-state index in [4.69, 9.17) is 11.6 Å². The van der Waals surface area contributed by atoms with Gasteiger partial charge in [-0.3, -0.25) is 4.79 Å². The molecule has 1 N–H and O–H groups in total. The molecule has 0 atom stereocenters. The number of sulfone groups is 1. The molecular weight excluding hydrogens is 324 g/mol. The van der Waals surface area contributed by atoms with Crippen molar-refractivity contribution < 1.29 is 13.2 Å². The van der Waals surface area contributed by atoms with Crippen molar-refractivity contribution in [3.8, 4) is 0 Å². The van der Waals surface area contributed by atoms with Crippen molar-refractivity contribution >= 4 is 38.2 Å². The van der Waals surface area contributed by atoms with E-state index in [-0.39, 0.29) is 12.5 Å². The van der Waals surface area contributed by atoms with Crippen LogP contribution in [0.15, 0.2) is 30.3 Å². The number of aromatic nitrogens is 1. The van der Waals surface area contributed by atoms with Gasteiger partial charge in [-0.2, -0.15) is 0 Å². The minimum atomic E-state index is -3.26. The predicted molar refractivity (Wildman–Crippen MR) is 88.0 cm³/mol. The Morgan fingerprint density at radius 3 is 2.59 bits per heavy atom. The highest BCUT2D eigenvalue weighted by molar-refractivity contribution is 7.92. The molecule has 0 saturated carbocycles. The Hall–Kier alpha value is -1.66. The van der Waals surface area contributed by atoms with Crippen LogP contribution in [0.3, 0.4) is 0 Å². The highest BCUT2D eigenvalue weighted by Crippen LogP contribution is 2.18. The molecule has 0 radical (unpaired) electrons. The zero-order valence-corrected chi connectivity index (χ0v) is 14.1. The number of halogens is 1. The molecule has 22 heavy (non-hydrogen) atoms. The third-order valence-corrected chi connectivity index (χ3v) is 5.96. The number of pyridine rings is 1. The first-order valence-electron chi connectivity index (χ1n) is 6.64. The number of rotatable bonds is 4. The number of benzene rings is 1. The van der Waals surface area contributed by atoms with Crippen molar-refractivity contribution in [2.45, 2.75) is 18.6 Å². The van der Waals surface area contributed by atoms with Crippen molar-refractivity contribution in [2.75, 3.05) is 12.8 Å². The van der Waals surface area contributed by atoms with Crippen LogP contribution in [0.4, 0.5) is 0 Å². The SMILES string of the molecule is CC(C)(CNC(=O)c1ccc2nc(Cl)ccc2c1)S(C)(=O)=O. The molecular formula is C15H17ClN2O3S. The first-order valence-corrected chi connectivity index (χ1v) is 8.91. The van der Waals surface area contributed by atoms with E-state index in [0.717, 1.165) is 11.6 Å². The molecule has 1 aromatic carbocycles. The monoisotopic (exact) mass is 340 g/mol. The van der Waals surface area contributed by atoms with Gasteiger partial charge in [0.1, 0.15) is 5.15 Å². The van der Waals surface area contributed by atoms with Crippen molar-refractivity contribution in [2.24, 2.45) is 0 Å². The number of amides is 1. The first-order chi connectivity index (χ1) is 10.1. The lowest BCUT2D eigenvalue weighted by Gasteiger charge is -2.22. The number of hydrogen-bond acceptors (Lipinski definition) is 4. The van der Waals surface area contributed by atoms with Crippen LogP contribution in [-0.4, -0.2) is 36.9 Å². The molecule has 0 aliphatic rings. The number of carbonyl (C=O) groups excluding carboxylic acids is 1. The first kappa shape index (κ1) is 16.7. The van der Waals surface area contributed by atoms with Crippen LogP contribution in [0.5, 0.6) is 0 Å². The van der Waals surface area contributed by atoms with Crippen molar-refractivity contribution in [3.05, 3.63) is 41.0 Å². The van der Waals surface area contributed by atoms with Crippen LogP contribution >= 0.6 is 11.6 Å². The van der Waals surface area contributed by atoms with Gasteiger partial charge in [0.05, 0.1) is 10.3 Å². The summed E-state index contributed by atoms with van der Waals surface area (Å²) < 4.78 is 22.3. The van der Waals surface area contributed by atoms with Gasteiger partial charge in [-0.05, 0) is 44.2 Å². The highest BCUT2D eigenvalue weighted by atomic mass is 35.5. The fourth-order valence-electron chi connectivity index (χ4n) is 1.77. The lowest BCUT2D eigenvalue weighted by atomic mass is 10.1. The molecule has 0 bridgehead atoms. The number of carbonyl (C=O) groups is 1. The van der Waals surface area contributed by atoms with Gasteiger partial charge in [-0.25, -0.2) is 13.4 Å². The number of nitrogens with one attached hydrogen (secondary N) is 1. The van der Waals surface area contributed by atoms with E-state index in [0.29, 0.717) is 16.2 Å². The van der Waals surface area contributed by atoms with Crippen LogP contribution < -0.4 is 5.32 Å². The summed E-state index contributed by atoms with van der Waals surface area (Å²) in [7, 11) is -3.26. The Bertz CT molecular complexity index is 832. The van der Waals surface area contributed by atoms with E-state index < -0.39 is 14.6 Å². The smallest absolute Gasteiger partial charge is 0.251 e. The molecule has 7 heteroatoms. The maximum atomic E-state index is 12.2. The standard InChI is InChI=1S/C15H17ClN2O3S/c1-15(2,22(3,20)21)9-17-14(19)11-4-6-12-10(8-11)5-7-13(16)18-12/h4-8H,9H2,1-3H3,(H,17,19). The summed E-state index contributed by atoms with van der Waals surface area (Å²) in [4.78, 5) is 16.3. The van der Waals surface area contributed by atoms with Crippen molar-refractivity contribution in [1.82, 2.24) is 10.3 Å². The molecule has 1 heterocycles. The van der Waals surface area contributed by atoms with E-state index in [9.17, 15) is 13.2 Å². The third kappa shape index (κ3) is 3.56. The van der Waals surface area contributed by atoms with Gasteiger partial charge in [0, 0.05) is 23.8 Å². The quantitative estimate of drug-likeness (QED) is 0.867. The van der Waals surface area contributed by atoms with Crippen LogP contribution in [0.2, 0.25) is 5.15 Å². The molecule has 0 spiro atoms. The molecule has 0 fully saturated rings. The minimum absolute atomic E-state index is 0.0432. The Morgan fingerprint density at radius 2 is 1.95 bits per heavy atom. The van der Waals surface area contributed by atoms with Gasteiger partial charge in [-0.1, -0.05) is 11.6 Å². The van der Waals surface area contributed by atoms with Crippen LogP contribution in [0.25, 0.3) is 10.9 Å². The number of nitrogens with zero attached hydrogens (tertiary/aromatic N) is 1. The van der Waals surface area contributed by atoms with Gasteiger partial charge in [0.2, 0.25) is 0 Å². The molecule has 0 aliphatic heterocycles. The molecule has 0 unspecified atom stereocenters. The Kier molecular flexibility index (Phi) is 4.44. The average molecular weight is 341 g/mol. The van der Waals surface area contributed by atoms with Gasteiger partial charge < -0.3 is 5.32 Å². The number of fused-ring (bicyclic) bond motifs is 1. The van der Waals surface area contributed by atoms with Crippen LogP contribution in [0, 0.1) is 0 Å². The summed E-state index contributed by atoms with van der Waals surface area (Å²) in [5.74, 6) is -0.325. The Morgan fingerprint density at radius 1 is 1.27 bits per heavy atom. The van der Waals surface area contributed by atoms with Crippen molar-refractivity contribution in [3.63, 3.8) is 0 Å². The summed E-state index contributed by atoms with van der Waals surface area (Å²) in [6.07, 6.45) is 1.16. The second-order valence-electron chi connectivity index (χ2n) is 5.76. The summed E-state index contributed by atoms with van der Waals surface area (Å²) in [6, 6.07) is 8.47. The Balaban J connectivity index is 2.18. The summed E-state index contributed by atoms with van der Waals surface area (Å²) in [6.45, 7) is 3.20. The van der Waals surface area contributed by atoms with Crippen molar-refractivity contribution in [1.29, 1.82) is 0 Å². The molecule has 1 amide bonds. The second kappa shape index (κ2) is 5.85. The van der Waals surface area contributed by atoms with Crippen LogP contribution in [-0.2, 0) is 9.84 Å². The number of hydrogen-bond donors (Lipinski definition) is 1. The second-order valence-corrected chi connectivity index (χ2v) is 8.79. The predicted octanol–water partition coefficient (Wildman–Crippen LogP) is 2.44. The topological polar surface area (TPSA) is 76.1 Å². The zero-order chi connectivity index (χ0) is 16.5. The van der Waals surface area contributed by atoms with Gasteiger partial charge in [0.25, 0.3) is 5.91 Å². The Labute approximate surface area is 134 Å². The summed E-state index contributed by atoms with van der Waals surface area (Å²) in [5.41, 5.74) is 1.14. The van der Waals surface area contributed by atoms with E-state index in [1.54, 1.807) is 44.2 Å². The molecule has 118 valence electrons. The third-order valence-electron chi connectivity index (χ3n) is 3.60. The molecule has 0 aliphatic carbocycles. The zero-order valence-electron chi connectivity index (χ0n) is 12.6. The molecule has 0 saturated heterocycles. The fourth-order valence-corrected chi connectivity index (χ4v) is 2.26. The van der Waals surface area contributed by atoms with Gasteiger partial charge in [-0.15, -0.1) is 0 Å². The van der Waals surface area contributed by atoms with Gasteiger partial charge >= 0.3 is 0 Å². The normalized spacial score (nSPS) is 12.4. The highest BCUT2D eigenvalue weighted by Gasteiger charge is 2.30. The molecule has 2 rings (SSSR count). The van der Waals surface area contributed by atoms with E-state index in [1.807, 2.05) is 0 Å². The van der Waals surface area contributed by atoms with Crippen LogP contribution in [0.1, 0.15) is 24.2 Å². The summed E-state index contributed by atoms with van der Waals surface area (Å²) in [5, 5.41) is 3.84. The maximum Gasteiger partial charge on any atom is 0.251 e.